The Balaban J connectivity index is 1.58. The van der Waals surface area contributed by atoms with Gasteiger partial charge in [0, 0.05) is 36.8 Å². The van der Waals surface area contributed by atoms with Gasteiger partial charge in [0.15, 0.2) is 5.82 Å². The van der Waals surface area contributed by atoms with Gasteiger partial charge in [-0.2, -0.15) is 0 Å². The lowest BCUT2D eigenvalue weighted by atomic mass is 10.1. The predicted molar refractivity (Wildman–Crippen MR) is 101 cm³/mol. The summed E-state index contributed by atoms with van der Waals surface area (Å²) >= 11 is 1.55. The van der Waals surface area contributed by atoms with Gasteiger partial charge in [0.2, 0.25) is 0 Å². The molecule has 0 radical (unpaired) electrons. The monoisotopic (exact) mass is 369 g/mol. The Morgan fingerprint density at radius 2 is 2.27 bits per heavy atom. The number of ether oxygens (including phenoxy) is 1. The van der Waals surface area contributed by atoms with Gasteiger partial charge in [0.05, 0.1) is 17.7 Å². The van der Waals surface area contributed by atoms with E-state index in [0.29, 0.717) is 31.1 Å². The Bertz CT molecular complexity index is 982. The molecular weight excluding hydrogens is 350 g/mol. The molecule has 4 rings (SSSR count). The molecule has 3 heterocycles. The zero-order chi connectivity index (χ0) is 18.1. The zero-order valence-electron chi connectivity index (χ0n) is 14.4. The second-order valence-corrected chi connectivity index (χ2v) is 7.22. The summed E-state index contributed by atoms with van der Waals surface area (Å²) in [6.07, 6.45) is 0.652. The summed E-state index contributed by atoms with van der Waals surface area (Å²) in [4.78, 5) is 23.1. The van der Waals surface area contributed by atoms with Crippen LogP contribution in [-0.2, 0) is 19.5 Å². The molecule has 0 atom stereocenters. The molecule has 1 aliphatic heterocycles. The van der Waals surface area contributed by atoms with E-state index in [1.807, 2.05) is 29.6 Å². The Morgan fingerprint density at radius 3 is 3.00 bits per heavy atom. The quantitative estimate of drug-likeness (QED) is 0.739. The number of aromatic amines is 1. The van der Waals surface area contributed by atoms with E-state index in [1.54, 1.807) is 24.5 Å². The first-order valence-electron chi connectivity index (χ1n) is 8.38. The molecule has 0 bridgehead atoms. The molecule has 0 saturated carbocycles. The number of hydrogen-bond donors (Lipinski definition) is 2. The van der Waals surface area contributed by atoms with Crippen molar-refractivity contribution in [1.29, 1.82) is 0 Å². The minimum Gasteiger partial charge on any atom is -0.507 e. The maximum absolute atomic E-state index is 12.4. The lowest BCUT2D eigenvalue weighted by Crippen LogP contribution is -2.35. The van der Waals surface area contributed by atoms with Gasteiger partial charge in [0.25, 0.3) is 5.56 Å². The maximum Gasteiger partial charge on any atom is 0.254 e. The largest absolute Gasteiger partial charge is 0.507 e. The van der Waals surface area contributed by atoms with Gasteiger partial charge in [-0.05, 0) is 23.9 Å². The molecule has 6 nitrogen and oxygen atoms in total. The number of fused-ring (bicyclic) bond motifs is 1. The van der Waals surface area contributed by atoms with Gasteiger partial charge in [-0.3, -0.25) is 9.69 Å². The highest BCUT2D eigenvalue weighted by atomic mass is 32.1. The molecule has 0 fully saturated rings. The number of aromatic nitrogens is 2. The van der Waals surface area contributed by atoms with Crippen molar-refractivity contribution in [2.75, 3.05) is 13.7 Å². The molecular formula is C19H19N3O3S. The first-order valence-corrected chi connectivity index (χ1v) is 9.26. The highest BCUT2D eigenvalue weighted by Gasteiger charge is 2.22. The lowest BCUT2D eigenvalue weighted by Gasteiger charge is -2.28. The van der Waals surface area contributed by atoms with E-state index < -0.39 is 0 Å². The number of nitrogens with zero attached hydrogens (tertiary/aromatic N) is 2. The van der Waals surface area contributed by atoms with Crippen LogP contribution in [0.25, 0.3) is 10.7 Å². The molecule has 0 unspecified atom stereocenters. The van der Waals surface area contributed by atoms with Crippen molar-refractivity contribution in [2.45, 2.75) is 19.5 Å². The van der Waals surface area contributed by atoms with Crippen LogP contribution in [0, 0.1) is 0 Å². The Kier molecular flexibility index (Phi) is 4.48. The molecule has 1 aliphatic rings. The normalized spacial score (nSPS) is 14.2. The number of thiophene rings is 1. The predicted octanol–water partition coefficient (Wildman–Crippen LogP) is 2.77. The number of benzene rings is 1. The van der Waals surface area contributed by atoms with E-state index >= 15 is 0 Å². The highest BCUT2D eigenvalue weighted by Crippen LogP contribution is 2.27. The Hall–Kier alpha value is -2.64. The molecule has 26 heavy (non-hydrogen) atoms. The average molecular weight is 369 g/mol. The summed E-state index contributed by atoms with van der Waals surface area (Å²) < 4.78 is 5.13. The van der Waals surface area contributed by atoms with Gasteiger partial charge in [-0.25, -0.2) is 4.98 Å². The number of methoxy groups -OCH3 is 1. The second kappa shape index (κ2) is 6.93. The fourth-order valence-corrected chi connectivity index (χ4v) is 3.87. The van der Waals surface area contributed by atoms with Crippen LogP contribution in [0.5, 0.6) is 11.5 Å². The van der Waals surface area contributed by atoms with Gasteiger partial charge >= 0.3 is 0 Å². The minimum atomic E-state index is -0.0506. The molecule has 2 aromatic heterocycles. The van der Waals surface area contributed by atoms with Crippen LogP contribution in [0.2, 0.25) is 0 Å². The van der Waals surface area contributed by atoms with E-state index in [2.05, 4.69) is 14.9 Å². The summed E-state index contributed by atoms with van der Waals surface area (Å²) in [7, 11) is 1.57. The van der Waals surface area contributed by atoms with Crippen LogP contribution in [0.1, 0.15) is 16.8 Å². The summed E-state index contributed by atoms with van der Waals surface area (Å²) in [5.41, 5.74) is 2.36. The number of H-pyrrole nitrogens is 1. The average Bonchev–Trinajstić information content (AvgIpc) is 3.18. The second-order valence-electron chi connectivity index (χ2n) is 6.27. The standard InChI is InChI=1S/C19H19N3O3S/c1-25-13-5-4-12(16(23)9-13)10-22-7-6-14-15(11-22)20-18(21-19(14)24)17-3-2-8-26-17/h2-5,8-9,23H,6-7,10-11H2,1H3,(H,20,21,24). The van der Waals surface area contributed by atoms with Crippen molar-refractivity contribution in [3.05, 3.63) is 62.9 Å². The fraction of sp³-hybridized carbons (Fsp3) is 0.263. The first-order chi connectivity index (χ1) is 12.6. The van der Waals surface area contributed by atoms with Gasteiger partial charge < -0.3 is 14.8 Å². The van der Waals surface area contributed by atoms with Crippen LogP contribution in [0.15, 0.2) is 40.5 Å². The Labute approximate surface area is 154 Å². The molecule has 0 saturated heterocycles. The van der Waals surface area contributed by atoms with Gasteiger partial charge in [0.1, 0.15) is 11.5 Å². The number of phenols is 1. The van der Waals surface area contributed by atoms with Crippen LogP contribution >= 0.6 is 11.3 Å². The van der Waals surface area contributed by atoms with Crippen LogP contribution in [-0.4, -0.2) is 33.6 Å². The number of phenolic OH excluding ortho intramolecular Hbond substituents is 1. The van der Waals surface area contributed by atoms with Crippen molar-refractivity contribution >= 4 is 11.3 Å². The highest BCUT2D eigenvalue weighted by molar-refractivity contribution is 7.13. The molecule has 0 spiro atoms. The zero-order valence-corrected chi connectivity index (χ0v) is 15.2. The molecule has 134 valence electrons. The third kappa shape index (κ3) is 3.23. The van der Waals surface area contributed by atoms with Crippen molar-refractivity contribution in [3.63, 3.8) is 0 Å². The van der Waals surface area contributed by atoms with E-state index in [-0.39, 0.29) is 11.3 Å². The van der Waals surface area contributed by atoms with Crippen LogP contribution in [0.4, 0.5) is 0 Å². The maximum atomic E-state index is 12.4. The van der Waals surface area contributed by atoms with E-state index in [0.717, 1.165) is 28.2 Å². The summed E-state index contributed by atoms with van der Waals surface area (Å²) in [5, 5.41) is 12.2. The molecule has 7 heteroatoms. The third-order valence-electron chi connectivity index (χ3n) is 4.59. The van der Waals surface area contributed by atoms with E-state index in [9.17, 15) is 9.90 Å². The molecule has 0 amide bonds. The molecule has 3 aromatic rings. The smallest absolute Gasteiger partial charge is 0.254 e. The van der Waals surface area contributed by atoms with Crippen molar-refractivity contribution in [3.8, 4) is 22.2 Å². The topological polar surface area (TPSA) is 78.5 Å². The number of nitrogens with one attached hydrogen (secondary N) is 1. The first kappa shape index (κ1) is 16.8. The van der Waals surface area contributed by atoms with E-state index in [4.69, 9.17) is 4.74 Å². The van der Waals surface area contributed by atoms with Crippen LogP contribution < -0.4 is 10.3 Å². The summed E-state index contributed by atoms with van der Waals surface area (Å²) in [6.45, 7) is 1.93. The number of hydrogen-bond acceptors (Lipinski definition) is 6. The third-order valence-corrected chi connectivity index (χ3v) is 5.47. The van der Waals surface area contributed by atoms with Gasteiger partial charge in [-0.15, -0.1) is 11.3 Å². The van der Waals surface area contributed by atoms with Crippen molar-refractivity contribution < 1.29 is 9.84 Å². The van der Waals surface area contributed by atoms with Crippen molar-refractivity contribution in [2.24, 2.45) is 0 Å². The van der Waals surface area contributed by atoms with Crippen molar-refractivity contribution in [1.82, 2.24) is 14.9 Å². The number of rotatable bonds is 4. The fourth-order valence-electron chi connectivity index (χ4n) is 3.20. The molecule has 1 aromatic carbocycles. The lowest BCUT2D eigenvalue weighted by molar-refractivity contribution is 0.237. The number of aromatic hydroxyl groups is 1. The summed E-state index contributed by atoms with van der Waals surface area (Å²) in [5.74, 6) is 1.47. The summed E-state index contributed by atoms with van der Waals surface area (Å²) in [6, 6.07) is 9.21. The van der Waals surface area contributed by atoms with E-state index in [1.165, 1.54) is 0 Å². The molecule has 0 aliphatic carbocycles. The van der Waals surface area contributed by atoms with Gasteiger partial charge in [-0.1, -0.05) is 12.1 Å². The SMILES string of the molecule is COc1ccc(CN2CCc3c(nc(-c4cccs4)[nH]c3=O)C2)c(O)c1. The molecule has 2 N–H and O–H groups in total. The van der Waals surface area contributed by atoms with Crippen LogP contribution in [0.3, 0.4) is 0 Å². The Morgan fingerprint density at radius 1 is 1.38 bits per heavy atom. The minimum absolute atomic E-state index is 0.0506.